The zero-order valence-corrected chi connectivity index (χ0v) is 12.1. The first-order valence-corrected chi connectivity index (χ1v) is 6.75. The predicted octanol–water partition coefficient (Wildman–Crippen LogP) is 3.06. The van der Waals surface area contributed by atoms with Crippen molar-refractivity contribution in [2.75, 3.05) is 5.32 Å². The molecule has 1 aromatic rings. The van der Waals surface area contributed by atoms with Crippen LogP contribution >= 0.6 is 0 Å². The standard InChI is InChI=1S/C14H25N3O/c1-10(2)6-7-12(5)16-13-14(18)17(11(3)4)9-8-15-13/h8-12H,6-7H2,1-5H3,(H,15,16). The molecular weight excluding hydrogens is 226 g/mol. The Balaban J connectivity index is 2.73. The molecule has 18 heavy (non-hydrogen) atoms. The van der Waals surface area contributed by atoms with E-state index in [2.05, 4.69) is 31.1 Å². The van der Waals surface area contributed by atoms with Crippen LogP contribution in [0.1, 0.15) is 53.5 Å². The Labute approximate surface area is 109 Å². The van der Waals surface area contributed by atoms with Crippen molar-refractivity contribution in [3.8, 4) is 0 Å². The van der Waals surface area contributed by atoms with Crippen LogP contribution in [0.3, 0.4) is 0 Å². The molecule has 0 amide bonds. The van der Waals surface area contributed by atoms with Crippen LogP contribution in [-0.4, -0.2) is 15.6 Å². The van der Waals surface area contributed by atoms with E-state index < -0.39 is 0 Å². The van der Waals surface area contributed by atoms with Gasteiger partial charge in [0.1, 0.15) is 0 Å². The summed E-state index contributed by atoms with van der Waals surface area (Å²) in [5.74, 6) is 1.15. The molecule has 0 spiro atoms. The van der Waals surface area contributed by atoms with Crippen molar-refractivity contribution in [3.05, 3.63) is 22.7 Å². The van der Waals surface area contributed by atoms with Crippen molar-refractivity contribution in [1.82, 2.24) is 9.55 Å². The molecule has 4 nitrogen and oxygen atoms in total. The van der Waals surface area contributed by atoms with E-state index in [1.807, 2.05) is 13.8 Å². The third-order valence-electron chi connectivity index (χ3n) is 2.98. The lowest BCUT2D eigenvalue weighted by Gasteiger charge is -2.17. The number of nitrogens with one attached hydrogen (secondary N) is 1. The second kappa shape index (κ2) is 6.57. The highest BCUT2D eigenvalue weighted by atomic mass is 16.1. The molecule has 1 rings (SSSR count). The van der Waals surface area contributed by atoms with Gasteiger partial charge in [-0.15, -0.1) is 0 Å². The number of anilines is 1. The molecule has 0 aliphatic carbocycles. The first-order chi connectivity index (χ1) is 8.41. The summed E-state index contributed by atoms with van der Waals surface area (Å²) < 4.78 is 1.70. The van der Waals surface area contributed by atoms with E-state index in [0.717, 1.165) is 12.8 Å². The zero-order chi connectivity index (χ0) is 13.7. The first-order valence-electron chi connectivity index (χ1n) is 6.75. The Morgan fingerprint density at radius 1 is 1.22 bits per heavy atom. The second-order valence-corrected chi connectivity index (χ2v) is 5.60. The fourth-order valence-corrected chi connectivity index (χ4v) is 1.82. The van der Waals surface area contributed by atoms with Crippen molar-refractivity contribution in [1.29, 1.82) is 0 Å². The Hall–Kier alpha value is -1.32. The number of hydrogen-bond acceptors (Lipinski definition) is 3. The van der Waals surface area contributed by atoms with E-state index >= 15 is 0 Å². The van der Waals surface area contributed by atoms with Gasteiger partial charge >= 0.3 is 0 Å². The minimum atomic E-state index is -0.0381. The van der Waals surface area contributed by atoms with Gasteiger partial charge < -0.3 is 9.88 Å². The Bertz CT molecular complexity index is 423. The van der Waals surface area contributed by atoms with Crippen molar-refractivity contribution in [3.63, 3.8) is 0 Å². The van der Waals surface area contributed by atoms with Gasteiger partial charge in [-0.2, -0.15) is 0 Å². The number of nitrogens with zero attached hydrogens (tertiary/aromatic N) is 2. The molecular formula is C14H25N3O. The van der Waals surface area contributed by atoms with Crippen LogP contribution in [0.5, 0.6) is 0 Å². The maximum absolute atomic E-state index is 12.1. The third kappa shape index (κ3) is 4.17. The number of hydrogen-bond donors (Lipinski definition) is 1. The second-order valence-electron chi connectivity index (χ2n) is 5.60. The highest BCUT2D eigenvalue weighted by molar-refractivity contribution is 5.32. The van der Waals surface area contributed by atoms with E-state index in [9.17, 15) is 4.79 Å². The molecule has 1 heterocycles. The summed E-state index contributed by atoms with van der Waals surface area (Å²) >= 11 is 0. The van der Waals surface area contributed by atoms with Gasteiger partial charge in [0.05, 0.1) is 0 Å². The SMILES string of the molecule is CC(C)CCC(C)Nc1nccn(C(C)C)c1=O. The minimum Gasteiger partial charge on any atom is -0.363 e. The highest BCUT2D eigenvalue weighted by Gasteiger charge is 2.10. The van der Waals surface area contributed by atoms with Crippen LogP contribution in [-0.2, 0) is 0 Å². The van der Waals surface area contributed by atoms with Crippen LogP contribution < -0.4 is 10.9 Å². The van der Waals surface area contributed by atoms with Crippen molar-refractivity contribution in [2.45, 2.75) is 59.5 Å². The molecule has 0 aliphatic rings. The summed E-state index contributed by atoms with van der Waals surface area (Å²) in [5.41, 5.74) is -0.0381. The van der Waals surface area contributed by atoms with Crippen LogP contribution in [0.4, 0.5) is 5.82 Å². The molecule has 4 heteroatoms. The quantitative estimate of drug-likeness (QED) is 0.845. The van der Waals surface area contributed by atoms with E-state index in [0.29, 0.717) is 11.7 Å². The van der Waals surface area contributed by atoms with Gasteiger partial charge in [0.25, 0.3) is 5.56 Å². The van der Waals surface area contributed by atoms with E-state index in [4.69, 9.17) is 0 Å². The van der Waals surface area contributed by atoms with Gasteiger partial charge in [0, 0.05) is 24.5 Å². The average molecular weight is 251 g/mol. The lowest BCUT2D eigenvalue weighted by atomic mass is 10.0. The normalized spacial score (nSPS) is 13.1. The molecule has 0 bridgehead atoms. The topological polar surface area (TPSA) is 46.9 Å². The fourth-order valence-electron chi connectivity index (χ4n) is 1.82. The number of rotatable bonds is 6. The van der Waals surface area contributed by atoms with Crippen molar-refractivity contribution < 1.29 is 0 Å². The molecule has 0 aromatic carbocycles. The Morgan fingerprint density at radius 2 is 1.89 bits per heavy atom. The molecule has 1 aromatic heterocycles. The van der Waals surface area contributed by atoms with Gasteiger partial charge in [0.15, 0.2) is 5.82 Å². The van der Waals surface area contributed by atoms with Crippen LogP contribution in [0, 0.1) is 5.92 Å². The summed E-state index contributed by atoms with van der Waals surface area (Å²) in [4.78, 5) is 16.3. The van der Waals surface area contributed by atoms with E-state index in [1.54, 1.807) is 17.0 Å². The van der Waals surface area contributed by atoms with Gasteiger partial charge in [0.2, 0.25) is 0 Å². The Morgan fingerprint density at radius 3 is 2.44 bits per heavy atom. The smallest absolute Gasteiger partial charge is 0.293 e. The van der Waals surface area contributed by atoms with Crippen LogP contribution in [0.25, 0.3) is 0 Å². The summed E-state index contributed by atoms with van der Waals surface area (Å²) in [6.45, 7) is 10.5. The third-order valence-corrected chi connectivity index (χ3v) is 2.98. The monoisotopic (exact) mass is 251 g/mol. The molecule has 0 saturated carbocycles. The molecule has 1 atom stereocenters. The first kappa shape index (κ1) is 14.7. The molecule has 102 valence electrons. The van der Waals surface area contributed by atoms with Gasteiger partial charge in [-0.1, -0.05) is 13.8 Å². The summed E-state index contributed by atoms with van der Waals surface area (Å²) in [7, 11) is 0. The van der Waals surface area contributed by atoms with Gasteiger partial charge in [-0.05, 0) is 39.5 Å². The Kier molecular flexibility index (Phi) is 5.38. The fraction of sp³-hybridized carbons (Fsp3) is 0.714. The minimum absolute atomic E-state index is 0.0381. The largest absolute Gasteiger partial charge is 0.363 e. The maximum Gasteiger partial charge on any atom is 0.293 e. The lowest BCUT2D eigenvalue weighted by molar-refractivity contribution is 0.525. The molecule has 0 saturated heterocycles. The number of aromatic nitrogens is 2. The molecule has 0 radical (unpaired) electrons. The van der Waals surface area contributed by atoms with E-state index in [1.165, 1.54) is 0 Å². The molecule has 1 N–H and O–H groups in total. The van der Waals surface area contributed by atoms with Crippen molar-refractivity contribution in [2.24, 2.45) is 5.92 Å². The van der Waals surface area contributed by atoms with Crippen molar-refractivity contribution >= 4 is 5.82 Å². The molecule has 0 fully saturated rings. The van der Waals surface area contributed by atoms with Crippen LogP contribution in [0.2, 0.25) is 0 Å². The van der Waals surface area contributed by atoms with Gasteiger partial charge in [-0.25, -0.2) is 4.98 Å². The van der Waals surface area contributed by atoms with E-state index in [-0.39, 0.29) is 17.6 Å². The molecule has 0 aliphatic heterocycles. The van der Waals surface area contributed by atoms with Gasteiger partial charge in [-0.3, -0.25) is 4.79 Å². The molecule has 1 unspecified atom stereocenters. The predicted molar refractivity (Wildman–Crippen MR) is 76.0 cm³/mol. The lowest BCUT2D eigenvalue weighted by Crippen LogP contribution is -2.28. The summed E-state index contributed by atoms with van der Waals surface area (Å²) in [6, 6.07) is 0.433. The summed E-state index contributed by atoms with van der Waals surface area (Å²) in [5, 5.41) is 3.22. The van der Waals surface area contributed by atoms with Crippen LogP contribution in [0.15, 0.2) is 17.2 Å². The maximum atomic E-state index is 12.1. The highest BCUT2D eigenvalue weighted by Crippen LogP contribution is 2.09. The average Bonchev–Trinajstić information content (AvgIpc) is 2.29. The zero-order valence-electron chi connectivity index (χ0n) is 12.1. The summed E-state index contributed by atoms with van der Waals surface area (Å²) in [6.07, 6.45) is 5.62.